The minimum Gasteiger partial charge on any atom is -0.268 e. The monoisotopic (exact) mass is 402 g/mol. The third-order valence-corrected chi connectivity index (χ3v) is 4.94. The molecule has 0 atom stereocenters. The van der Waals surface area contributed by atoms with Gasteiger partial charge in [0, 0.05) is 17.2 Å². The van der Waals surface area contributed by atoms with E-state index in [0.717, 1.165) is 17.0 Å². The zero-order chi connectivity index (χ0) is 20.8. The van der Waals surface area contributed by atoms with Gasteiger partial charge in [-0.15, -0.1) is 0 Å². The number of amides is 2. The van der Waals surface area contributed by atoms with Gasteiger partial charge in [0.15, 0.2) is 0 Å². The van der Waals surface area contributed by atoms with E-state index < -0.39 is 23.4 Å². The number of carbonyl (C=O) groups is 2. The van der Waals surface area contributed by atoms with Crippen LogP contribution < -0.4 is 4.90 Å². The van der Waals surface area contributed by atoms with E-state index in [1.165, 1.54) is 18.3 Å². The van der Waals surface area contributed by atoms with Gasteiger partial charge in [-0.25, -0.2) is 13.7 Å². The van der Waals surface area contributed by atoms with Crippen LogP contribution in [-0.4, -0.2) is 27.2 Å². The SMILES string of the molecule is O=C1c2ccc(-c3cn[nH]n3)cc2C(=O)N1c1cccc(-c2ccc(F)cc2F)c1. The Hall–Kier alpha value is -4.20. The molecular weight excluding hydrogens is 390 g/mol. The van der Waals surface area contributed by atoms with Crippen LogP contribution in [0.15, 0.2) is 66.9 Å². The highest BCUT2D eigenvalue weighted by Gasteiger charge is 2.37. The highest BCUT2D eigenvalue weighted by atomic mass is 19.1. The molecule has 2 heterocycles. The number of nitrogens with one attached hydrogen (secondary N) is 1. The number of anilines is 1. The van der Waals surface area contributed by atoms with E-state index in [1.807, 2.05) is 0 Å². The Morgan fingerprint density at radius 2 is 1.60 bits per heavy atom. The number of rotatable bonds is 3. The van der Waals surface area contributed by atoms with Crippen molar-refractivity contribution in [3.63, 3.8) is 0 Å². The van der Waals surface area contributed by atoms with E-state index in [2.05, 4.69) is 15.4 Å². The van der Waals surface area contributed by atoms with Crippen LogP contribution in [0, 0.1) is 11.6 Å². The predicted molar refractivity (Wildman–Crippen MR) is 105 cm³/mol. The van der Waals surface area contributed by atoms with Crippen molar-refractivity contribution in [2.45, 2.75) is 0 Å². The first-order valence-electron chi connectivity index (χ1n) is 8.97. The van der Waals surface area contributed by atoms with Crippen molar-refractivity contribution in [1.82, 2.24) is 15.4 Å². The average Bonchev–Trinajstić information content (AvgIpc) is 3.36. The molecule has 1 aliphatic rings. The standard InChI is InChI=1S/C22H12F2N4O2/c23-14-5-7-16(19(24)10-14)12-2-1-3-15(8-12)28-21(29)17-6-4-13(9-18(17)22(28)30)20-11-25-27-26-20/h1-11H,(H,25,26,27). The molecule has 0 bridgehead atoms. The number of hydrogen-bond donors (Lipinski definition) is 1. The highest BCUT2D eigenvalue weighted by molar-refractivity contribution is 6.34. The Bertz CT molecular complexity index is 1320. The summed E-state index contributed by atoms with van der Waals surface area (Å²) in [6.07, 6.45) is 1.52. The second-order valence-corrected chi connectivity index (χ2v) is 6.74. The third-order valence-electron chi connectivity index (χ3n) is 4.94. The summed E-state index contributed by atoms with van der Waals surface area (Å²) >= 11 is 0. The van der Waals surface area contributed by atoms with Crippen molar-refractivity contribution in [1.29, 1.82) is 0 Å². The van der Waals surface area contributed by atoms with Gasteiger partial charge in [0.2, 0.25) is 0 Å². The first kappa shape index (κ1) is 17.9. The largest absolute Gasteiger partial charge is 0.268 e. The van der Waals surface area contributed by atoms with Crippen LogP contribution in [-0.2, 0) is 0 Å². The maximum absolute atomic E-state index is 14.2. The van der Waals surface area contributed by atoms with Crippen LogP contribution >= 0.6 is 0 Å². The lowest BCUT2D eigenvalue weighted by Gasteiger charge is -2.15. The normalized spacial score (nSPS) is 13.1. The fourth-order valence-corrected chi connectivity index (χ4v) is 3.51. The lowest BCUT2D eigenvalue weighted by Crippen LogP contribution is -2.29. The summed E-state index contributed by atoms with van der Waals surface area (Å²) in [6, 6.07) is 14.5. The van der Waals surface area contributed by atoms with Gasteiger partial charge in [-0.05, 0) is 42.0 Å². The molecule has 3 aromatic carbocycles. The summed E-state index contributed by atoms with van der Waals surface area (Å²) in [5.74, 6) is -2.38. The fourth-order valence-electron chi connectivity index (χ4n) is 3.51. The molecule has 0 saturated carbocycles. The van der Waals surface area contributed by atoms with Crippen LogP contribution in [0.3, 0.4) is 0 Å². The number of nitrogens with zero attached hydrogens (tertiary/aromatic N) is 3. The minimum atomic E-state index is -0.730. The van der Waals surface area contributed by atoms with Crippen molar-refractivity contribution in [2.24, 2.45) is 0 Å². The van der Waals surface area contributed by atoms with Gasteiger partial charge in [0.05, 0.1) is 23.0 Å². The molecule has 30 heavy (non-hydrogen) atoms. The zero-order valence-electron chi connectivity index (χ0n) is 15.3. The number of H-pyrrole nitrogens is 1. The number of benzene rings is 3. The van der Waals surface area contributed by atoms with Crippen molar-refractivity contribution in [2.75, 3.05) is 4.90 Å². The Morgan fingerprint density at radius 1 is 0.800 bits per heavy atom. The first-order chi connectivity index (χ1) is 14.5. The highest BCUT2D eigenvalue weighted by Crippen LogP contribution is 2.33. The van der Waals surface area contributed by atoms with Gasteiger partial charge in [-0.3, -0.25) is 9.59 Å². The predicted octanol–water partition coefficient (Wildman–Crippen LogP) is 4.22. The van der Waals surface area contributed by atoms with Crippen LogP contribution in [0.5, 0.6) is 0 Å². The van der Waals surface area contributed by atoms with E-state index in [-0.39, 0.29) is 16.7 Å². The average molecular weight is 402 g/mol. The maximum Gasteiger partial charge on any atom is 0.266 e. The Kier molecular flexibility index (Phi) is 3.99. The smallest absolute Gasteiger partial charge is 0.266 e. The lowest BCUT2D eigenvalue weighted by molar-refractivity contribution is 0.0926. The van der Waals surface area contributed by atoms with E-state index in [1.54, 1.807) is 36.4 Å². The Balaban J connectivity index is 1.55. The summed E-state index contributed by atoms with van der Waals surface area (Å²) in [4.78, 5) is 27.0. The van der Waals surface area contributed by atoms with E-state index in [4.69, 9.17) is 0 Å². The van der Waals surface area contributed by atoms with Crippen LogP contribution in [0.25, 0.3) is 22.4 Å². The van der Waals surface area contributed by atoms with Crippen molar-refractivity contribution >= 4 is 17.5 Å². The summed E-state index contributed by atoms with van der Waals surface area (Å²) in [5.41, 5.74) is 2.60. The zero-order valence-corrected chi connectivity index (χ0v) is 15.3. The first-order valence-corrected chi connectivity index (χ1v) is 8.97. The van der Waals surface area contributed by atoms with Crippen molar-refractivity contribution in [3.8, 4) is 22.4 Å². The molecule has 8 heteroatoms. The number of halogens is 2. The van der Waals surface area contributed by atoms with E-state index in [9.17, 15) is 18.4 Å². The summed E-state index contributed by atoms with van der Waals surface area (Å²) < 4.78 is 27.4. The van der Waals surface area contributed by atoms with Gasteiger partial charge < -0.3 is 0 Å². The molecule has 146 valence electrons. The number of aromatic amines is 1. The van der Waals surface area contributed by atoms with Crippen molar-refractivity contribution in [3.05, 3.63) is 89.6 Å². The quantitative estimate of drug-likeness (QED) is 0.521. The molecule has 0 fully saturated rings. The molecule has 5 rings (SSSR count). The second-order valence-electron chi connectivity index (χ2n) is 6.74. The molecule has 0 aliphatic carbocycles. The number of aromatic nitrogens is 3. The minimum absolute atomic E-state index is 0.170. The topological polar surface area (TPSA) is 79.0 Å². The summed E-state index contributed by atoms with van der Waals surface area (Å²) in [5, 5.41) is 10.2. The van der Waals surface area contributed by atoms with Gasteiger partial charge in [-0.2, -0.15) is 15.4 Å². The van der Waals surface area contributed by atoms with E-state index in [0.29, 0.717) is 22.5 Å². The fraction of sp³-hybridized carbons (Fsp3) is 0. The summed E-state index contributed by atoms with van der Waals surface area (Å²) in [7, 11) is 0. The molecule has 0 unspecified atom stereocenters. The molecule has 0 radical (unpaired) electrons. The van der Waals surface area contributed by atoms with Crippen LogP contribution in [0.4, 0.5) is 14.5 Å². The number of fused-ring (bicyclic) bond motifs is 1. The molecule has 0 spiro atoms. The van der Waals surface area contributed by atoms with Gasteiger partial charge in [0.1, 0.15) is 17.3 Å². The molecule has 4 aromatic rings. The van der Waals surface area contributed by atoms with Crippen LogP contribution in [0.2, 0.25) is 0 Å². The number of hydrogen-bond acceptors (Lipinski definition) is 4. The third kappa shape index (κ3) is 2.77. The molecule has 1 N–H and O–H groups in total. The molecule has 2 amide bonds. The maximum atomic E-state index is 14.2. The lowest BCUT2D eigenvalue weighted by atomic mass is 10.0. The molecular formula is C22H12F2N4O2. The summed E-state index contributed by atoms with van der Waals surface area (Å²) in [6.45, 7) is 0. The van der Waals surface area contributed by atoms with Gasteiger partial charge in [0.25, 0.3) is 11.8 Å². The Labute approximate surface area is 168 Å². The van der Waals surface area contributed by atoms with Gasteiger partial charge >= 0.3 is 0 Å². The number of imide groups is 1. The number of carbonyl (C=O) groups excluding carboxylic acids is 2. The molecule has 1 aromatic heterocycles. The van der Waals surface area contributed by atoms with E-state index >= 15 is 0 Å². The molecule has 1 aliphatic heterocycles. The van der Waals surface area contributed by atoms with Gasteiger partial charge in [-0.1, -0.05) is 18.2 Å². The van der Waals surface area contributed by atoms with Crippen LogP contribution in [0.1, 0.15) is 20.7 Å². The molecule has 0 saturated heterocycles. The molecule has 6 nitrogen and oxygen atoms in total. The van der Waals surface area contributed by atoms with Crippen molar-refractivity contribution < 1.29 is 18.4 Å². The second kappa shape index (κ2) is 6.70. The Morgan fingerprint density at radius 3 is 2.37 bits per heavy atom.